The van der Waals surface area contributed by atoms with Crippen molar-refractivity contribution in [1.82, 2.24) is 9.80 Å². The van der Waals surface area contributed by atoms with Crippen LogP contribution in [-0.4, -0.2) is 48.0 Å². The Morgan fingerprint density at radius 3 is 2.52 bits per heavy atom. The normalized spacial score (nSPS) is 18.2. The first-order valence-corrected chi connectivity index (χ1v) is 10.9. The lowest BCUT2D eigenvalue weighted by atomic mass is 10.0. The van der Waals surface area contributed by atoms with E-state index in [1.165, 1.54) is 42.6 Å². The molecule has 154 valence electrons. The van der Waals surface area contributed by atoms with Crippen LogP contribution in [0.1, 0.15) is 52.7 Å². The third-order valence-electron chi connectivity index (χ3n) is 6.15. The van der Waals surface area contributed by atoms with Crippen LogP contribution in [0.5, 0.6) is 5.75 Å². The summed E-state index contributed by atoms with van der Waals surface area (Å²) in [5.41, 5.74) is 4.44. The minimum atomic E-state index is 0.151. The summed E-state index contributed by atoms with van der Waals surface area (Å²) >= 11 is 0. The Hall–Kier alpha value is -2.33. The monoisotopic (exact) mass is 392 g/mol. The first kappa shape index (κ1) is 20.0. The van der Waals surface area contributed by atoms with Crippen molar-refractivity contribution in [2.45, 2.75) is 52.2 Å². The third kappa shape index (κ3) is 4.99. The average Bonchev–Trinajstić information content (AvgIpc) is 3.24. The summed E-state index contributed by atoms with van der Waals surface area (Å²) in [6.07, 6.45) is 4.52. The van der Waals surface area contributed by atoms with Crippen molar-refractivity contribution in [3.05, 3.63) is 64.7 Å². The van der Waals surface area contributed by atoms with Gasteiger partial charge in [0, 0.05) is 38.0 Å². The maximum Gasteiger partial charge on any atom is 0.253 e. The second-order valence-corrected chi connectivity index (χ2v) is 8.56. The zero-order valence-corrected chi connectivity index (χ0v) is 17.7. The first-order chi connectivity index (χ1) is 14.1. The number of carbonyl (C=O) groups excluding carboxylic acids is 1. The lowest BCUT2D eigenvalue weighted by Gasteiger charge is -2.32. The number of benzene rings is 2. The number of nitrogens with zero attached hydrogens (tertiary/aromatic N) is 2. The molecular formula is C25H32N2O2. The van der Waals surface area contributed by atoms with Crippen LogP contribution in [0, 0.1) is 13.8 Å². The second kappa shape index (κ2) is 9.00. The fourth-order valence-electron chi connectivity index (χ4n) is 4.37. The molecule has 2 aliphatic rings. The van der Waals surface area contributed by atoms with E-state index in [4.69, 9.17) is 4.74 Å². The molecule has 2 heterocycles. The van der Waals surface area contributed by atoms with Crippen LogP contribution >= 0.6 is 0 Å². The van der Waals surface area contributed by atoms with Gasteiger partial charge in [-0.05, 0) is 74.7 Å². The van der Waals surface area contributed by atoms with E-state index in [0.717, 1.165) is 43.8 Å². The maximum absolute atomic E-state index is 13.0. The number of amides is 1. The van der Waals surface area contributed by atoms with Gasteiger partial charge in [0.25, 0.3) is 5.91 Å². The first-order valence-electron chi connectivity index (χ1n) is 10.9. The van der Waals surface area contributed by atoms with E-state index in [-0.39, 0.29) is 12.0 Å². The van der Waals surface area contributed by atoms with Gasteiger partial charge in [-0.15, -0.1) is 0 Å². The Labute approximate surface area is 174 Å². The predicted octanol–water partition coefficient (Wildman–Crippen LogP) is 4.58. The van der Waals surface area contributed by atoms with E-state index in [9.17, 15) is 4.79 Å². The highest BCUT2D eigenvalue weighted by molar-refractivity contribution is 5.94. The summed E-state index contributed by atoms with van der Waals surface area (Å²) in [6.45, 7) is 8.98. The van der Waals surface area contributed by atoms with Crippen molar-refractivity contribution in [1.29, 1.82) is 0 Å². The van der Waals surface area contributed by atoms with Gasteiger partial charge in [0.05, 0.1) is 0 Å². The third-order valence-corrected chi connectivity index (χ3v) is 6.15. The van der Waals surface area contributed by atoms with Crippen molar-refractivity contribution >= 4 is 5.91 Å². The Morgan fingerprint density at radius 2 is 1.76 bits per heavy atom. The van der Waals surface area contributed by atoms with E-state index in [1.807, 2.05) is 17.0 Å². The van der Waals surface area contributed by atoms with Crippen LogP contribution in [0.3, 0.4) is 0 Å². The van der Waals surface area contributed by atoms with E-state index in [2.05, 4.69) is 49.1 Å². The maximum atomic E-state index is 13.0. The summed E-state index contributed by atoms with van der Waals surface area (Å²) in [5.74, 6) is 1.13. The molecule has 2 aliphatic heterocycles. The smallest absolute Gasteiger partial charge is 0.253 e. The number of rotatable bonds is 5. The van der Waals surface area contributed by atoms with Crippen LogP contribution in [0.15, 0.2) is 42.5 Å². The number of carbonyl (C=O) groups is 1. The van der Waals surface area contributed by atoms with Gasteiger partial charge < -0.3 is 9.64 Å². The van der Waals surface area contributed by atoms with Gasteiger partial charge in [0.1, 0.15) is 11.9 Å². The predicted molar refractivity (Wildman–Crippen MR) is 116 cm³/mol. The fourth-order valence-corrected chi connectivity index (χ4v) is 4.37. The van der Waals surface area contributed by atoms with Gasteiger partial charge in [0.2, 0.25) is 0 Å². The number of likely N-dealkylation sites (tertiary alicyclic amines) is 2. The number of aryl methyl sites for hydroxylation is 2. The molecule has 2 aromatic carbocycles. The molecule has 0 N–H and O–H groups in total. The van der Waals surface area contributed by atoms with E-state index in [1.54, 1.807) is 0 Å². The summed E-state index contributed by atoms with van der Waals surface area (Å²) in [5, 5.41) is 0. The zero-order chi connectivity index (χ0) is 20.2. The number of hydrogen-bond acceptors (Lipinski definition) is 3. The molecule has 0 bridgehead atoms. The minimum absolute atomic E-state index is 0.151. The number of hydrogen-bond donors (Lipinski definition) is 0. The molecule has 2 fully saturated rings. The minimum Gasteiger partial charge on any atom is -0.490 e. The molecule has 29 heavy (non-hydrogen) atoms. The van der Waals surface area contributed by atoms with E-state index in [0.29, 0.717) is 0 Å². The van der Waals surface area contributed by atoms with Crippen LogP contribution in [0.25, 0.3) is 0 Å². The zero-order valence-electron chi connectivity index (χ0n) is 17.7. The van der Waals surface area contributed by atoms with Crippen LogP contribution in [-0.2, 0) is 6.54 Å². The SMILES string of the molecule is Cc1ccc(C)c(OC2CCN(C(=O)c3cccc(CN4CCCC4)c3)CC2)c1. The van der Waals surface area contributed by atoms with Crippen LogP contribution in [0.4, 0.5) is 0 Å². The molecular weight excluding hydrogens is 360 g/mol. The fraction of sp³-hybridized carbons (Fsp3) is 0.480. The van der Waals surface area contributed by atoms with E-state index < -0.39 is 0 Å². The highest BCUT2D eigenvalue weighted by Crippen LogP contribution is 2.24. The molecule has 2 aromatic rings. The molecule has 0 atom stereocenters. The quantitative estimate of drug-likeness (QED) is 0.746. The van der Waals surface area contributed by atoms with Crippen LogP contribution < -0.4 is 4.74 Å². The molecule has 1 amide bonds. The molecule has 0 saturated carbocycles. The van der Waals surface area contributed by atoms with Crippen molar-refractivity contribution in [3.8, 4) is 5.75 Å². The molecule has 4 rings (SSSR count). The van der Waals surface area contributed by atoms with Crippen molar-refractivity contribution in [2.24, 2.45) is 0 Å². The standard InChI is InChI=1S/C25H32N2O2/c1-19-8-9-20(2)24(16-19)29-23-10-14-27(15-11-23)25(28)22-7-5-6-21(17-22)18-26-12-3-4-13-26/h5-9,16-17,23H,3-4,10-15,18H2,1-2H3. The van der Waals surface area contributed by atoms with Gasteiger partial charge in [0.15, 0.2) is 0 Å². The summed E-state index contributed by atoms with van der Waals surface area (Å²) in [6, 6.07) is 14.5. The molecule has 2 saturated heterocycles. The summed E-state index contributed by atoms with van der Waals surface area (Å²) < 4.78 is 6.25. The van der Waals surface area contributed by atoms with Gasteiger partial charge in [-0.1, -0.05) is 24.3 Å². The molecule has 0 radical (unpaired) electrons. The lowest BCUT2D eigenvalue weighted by Crippen LogP contribution is -2.41. The molecule has 4 nitrogen and oxygen atoms in total. The molecule has 4 heteroatoms. The van der Waals surface area contributed by atoms with Crippen molar-refractivity contribution in [3.63, 3.8) is 0 Å². The van der Waals surface area contributed by atoms with Gasteiger partial charge in [-0.3, -0.25) is 9.69 Å². The molecule has 0 aliphatic carbocycles. The lowest BCUT2D eigenvalue weighted by molar-refractivity contribution is 0.0594. The molecule has 0 spiro atoms. The van der Waals surface area contributed by atoms with Crippen LogP contribution in [0.2, 0.25) is 0 Å². The topological polar surface area (TPSA) is 32.8 Å². The Morgan fingerprint density at radius 1 is 1.00 bits per heavy atom. The van der Waals surface area contributed by atoms with Crippen molar-refractivity contribution < 1.29 is 9.53 Å². The highest BCUT2D eigenvalue weighted by atomic mass is 16.5. The Kier molecular flexibility index (Phi) is 6.19. The van der Waals surface area contributed by atoms with Gasteiger partial charge in [-0.25, -0.2) is 0 Å². The highest BCUT2D eigenvalue weighted by Gasteiger charge is 2.25. The molecule has 0 unspecified atom stereocenters. The van der Waals surface area contributed by atoms with Gasteiger partial charge in [-0.2, -0.15) is 0 Å². The Bertz CT molecular complexity index is 850. The summed E-state index contributed by atoms with van der Waals surface area (Å²) in [7, 11) is 0. The Balaban J connectivity index is 1.33. The second-order valence-electron chi connectivity index (χ2n) is 8.56. The molecule has 0 aromatic heterocycles. The summed E-state index contributed by atoms with van der Waals surface area (Å²) in [4.78, 5) is 17.5. The average molecular weight is 393 g/mol. The number of ether oxygens (including phenoxy) is 1. The van der Waals surface area contributed by atoms with Crippen molar-refractivity contribution in [2.75, 3.05) is 26.2 Å². The largest absolute Gasteiger partial charge is 0.490 e. The number of piperidine rings is 1. The van der Waals surface area contributed by atoms with Gasteiger partial charge >= 0.3 is 0 Å². The van der Waals surface area contributed by atoms with E-state index >= 15 is 0 Å².